The summed E-state index contributed by atoms with van der Waals surface area (Å²) in [6.07, 6.45) is 1.42. The van der Waals surface area contributed by atoms with Crippen molar-refractivity contribution in [3.8, 4) is 17.6 Å². The second-order valence-electron chi connectivity index (χ2n) is 5.11. The lowest BCUT2D eigenvalue weighted by atomic mass is 10.1. The average Bonchev–Trinajstić information content (AvgIpc) is 2.57. The first kappa shape index (κ1) is 18.7. The average molecular weight is 405 g/mol. The Balaban J connectivity index is 2.32. The summed E-state index contributed by atoms with van der Waals surface area (Å²) >= 11 is 3.34. The molecule has 130 valence electrons. The Hall–Kier alpha value is -2.63. The van der Waals surface area contributed by atoms with Crippen molar-refractivity contribution in [3.05, 3.63) is 45.1 Å². The van der Waals surface area contributed by atoms with Gasteiger partial charge in [-0.1, -0.05) is 15.9 Å². The largest absolute Gasteiger partial charge is 0.504 e. The normalized spacial score (nSPS) is 10.7. The summed E-state index contributed by atoms with van der Waals surface area (Å²) in [6, 6.07) is 7.24. The number of hydrazone groups is 1. The van der Waals surface area contributed by atoms with Crippen LogP contribution in [-0.4, -0.2) is 30.5 Å². The van der Waals surface area contributed by atoms with Crippen LogP contribution in [0, 0.1) is 18.3 Å². The molecule has 0 bridgehead atoms. The number of benzene rings is 1. The van der Waals surface area contributed by atoms with E-state index in [4.69, 9.17) is 9.47 Å². The van der Waals surface area contributed by atoms with Crippen molar-refractivity contribution in [1.29, 1.82) is 5.26 Å². The quantitative estimate of drug-likeness (QED) is 0.565. The Bertz CT molecular complexity index is 847. The van der Waals surface area contributed by atoms with Crippen molar-refractivity contribution in [2.45, 2.75) is 13.5 Å². The molecule has 25 heavy (non-hydrogen) atoms. The molecule has 2 N–H and O–H groups in total. The van der Waals surface area contributed by atoms with E-state index in [-0.39, 0.29) is 5.75 Å². The highest BCUT2D eigenvalue weighted by Crippen LogP contribution is 2.32. The van der Waals surface area contributed by atoms with Crippen LogP contribution in [0.1, 0.15) is 22.4 Å². The second-order valence-corrected chi connectivity index (χ2v) is 6.02. The van der Waals surface area contributed by atoms with E-state index in [1.54, 1.807) is 25.3 Å². The predicted molar refractivity (Wildman–Crippen MR) is 98.0 cm³/mol. The highest BCUT2D eigenvalue weighted by atomic mass is 79.9. The fraction of sp³-hybridized carbons (Fsp3) is 0.235. The molecule has 0 saturated heterocycles. The number of phenols is 1. The van der Waals surface area contributed by atoms with Crippen molar-refractivity contribution in [1.82, 2.24) is 4.98 Å². The summed E-state index contributed by atoms with van der Waals surface area (Å²) in [5.41, 5.74) is 5.01. The van der Waals surface area contributed by atoms with Gasteiger partial charge in [0.25, 0.3) is 0 Å². The van der Waals surface area contributed by atoms with Gasteiger partial charge in [0.05, 0.1) is 19.9 Å². The number of halogens is 1. The minimum absolute atomic E-state index is 0.0333. The van der Waals surface area contributed by atoms with E-state index in [2.05, 4.69) is 37.5 Å². The summed E-state index contributed by atoms with van der Waals surface area (Å²) in [6.45, 7) is 2.12. The number of aryl methyl sites for hydroxylation is 1. The zero-order valence-corrected chi connectivity index (χ0v) is 15.6. The maximum Gasteiger partial charge on any atom is 0.166 e. The first-order chi connectivity index (χ1) is 12.0. The lowest BCUT2D eigenvalue weighted by Gasteiger charge is -2.09. The monoisotopic (exact) mass is 404 g/mol. The molecule has 0 aliphatic carbocycles. The third kappa shape index (κ3) is 4.47. The molecule has 0 aliphatic heterocycles. The molecule has 7 nitrogen and oxygen atoms in total. The molecule has 0 saturated carbocycles. The van der Waals surface area contributed by atoms with Crippen LogP contribution in [0.15, 0.2) is 27.8 Å². The number of anilines is 1. The maximum atomic E-state index is 10.1. The Labute approximate surface area is 154 Å². The van der Waals surface area contributed by atoms with Gasteiger partial charge in [0.2, 0.25) is 0 Å². The molecule has 0 fully saturated rings. The summed E-state index contributed by atoms with van der Waals surface area (Å²) in [5, 5.41) is 23.6. The molecular formula is C17H17BrN4O3. The maximum absolute atomic E-state index is 10.1. The number of pyridine rings is 1. The first-order valence-electron chi connectivity index (χ1n) is 7.25. The number of nitriles is 1. The van der Waals surface area contributed by atoms with Crippen LogP contribution in [-0.2, 0) is 11.3 Å². The molecule has 0 amide bonds. The molecule has 2 aromatic rings. The predicted octanol–water partition coefficient (Wildman–Crippen LogP) is 3.33. The fourth-order valence-corrected chi connectivity index (χ4v) is 2.68. The number of nitrogens with one attached hydrogen (secondary N) is 1. The third-order valence-corrected chi connectivity index (χ3v) is 3.76. The summed E-state index contributed by atoms with van der Waals surface area (Å²) in [5.74, 6) is 0.617. The smallest absolute Gasteiger partial charge is 0.166 e. The van der Waals surface area contributed by atoms with Crippen molar-refractivity contribution in [2.24, 2.45) is 5.10 Å². The minimum atomic E-state index is -0.0333. The highest BCUT2D eigenvalue weighted by molar-refractivity contribution is 9.10. The number of methoxy groups -OCH3 is 2. The molecular weight excluding hydrogens is 388 g/mol. The Morgan fingerprint density at radius 3 is 2.80 bits per heavy atom. The molecule has 2 rings (SSSR count). The molecule has 1 aromatic carbocycles. The number of hydrogen-bond donors (Lipinski definition) is 2. The van der Waals surface area contributed by atoms with E-state index in [0.717, 1.165) is 15.7 Å². The van der Waals surface area contributed by atoms with E-state index < -0.39 is 0 Å². The Morgan fingerprint density at radius 1 is 1.40 bits per heavy atom. The van der Waals surface area contributed by atoms with Crippen LogP contribution in [0.3, 0.4) is 0 Å². The number of phenolic OH excluding ortho intramolecular Hbond substituents is 1. The van der Waals surface area contributed by atoms with Crippen molar-refractivity contribution < 1.29 is 14.6 Å². The van der Waals surface area contributed by atoms with Crippen molar-refractivity contribution in [3.63, 3.8) is 0 Å². The molecule has 1 heterocycles. The van der Waals surface area contributed by atoms with E-state index in [1.165, 1.54) is 13.3 Å². The Kier molecular flexibility index (Phi) is 6.33. The number of aromatic nitrogens is 1. The van der Waals surface area contributed by atoms with Gasteiger partial charge >= 0.3 is 0 Å². The van der Waals surface area contributed by atoms with Crippen LogP contribution in [0.4, 0.5) is 5.82 Å². The van der Waals surface area contributed by atoms with E-state index in [0.29, 0.717) is 29.3 Å². The van der Waals surface area contributed by atoms with Crippen LogP contribution in [0.2, 0.25) is 0 Å². The van der Waals surface area contributed by atoms with Crippen LogP contribution in [0.5, 0.6) is 11.5 Å². The number of ether oxygens (including phenoxy) is 2. The first-order valence-corrected chi connectivity index (χ1v) is 8.04. The topological polar surface area (TPSA) is 99.8 Å². The zero-order valence-electron chi connectivity index (χ0n) is 14.0. The lowest BCUT2D eigenvalue weighted by Crippen LogP contribution is -2.03. The van der Waals surface area contributed by atoms with Gasteiger partial charge in [-0.25, -0.2) is 4.98 Å². The zero-order chi connectivity index (χ0) is 18.4. The molecule has 0 atom stereocenters. The summed E-state index contributed by atoms with van der Waals surface area (Å²) < 4.78 is 10.9. The minimum Gasteiger partial charge on any atom is -0.504 e. The van der Waals surface area contributed by atoms with E-state index in [1.807, 2.05) is 6.92 Å². The molecule has 8 heteroatoms. The van der Waals surface area contributed by atoms with Crippen molar-refractivity contribution >= 4 is 28.0 Å². The van der Waals surface area contributed by atoms with Gasteiger partial charge < -0.3 is 14.6 Å². The molecule has 1 aromatic heterocycles. The molecule has 0 aliphatic rings. The standard InChI is InChI=1S/C17H17BrN4O3/c1-10-4-12(9-24-2)14(7-19)17(21-10)22-20-8-11-5-13(18)6-15(25-3)16(11)23/h4-6,8,23H,9H2,1-3H3,(H,21,22)/b20-8+. The van der Waals surface area contributed by atoms with Gasteiger partial charge in [0.1, 0.15) is 11.6 Å². The van der Waals surface area contributed by atoms with Gasteiger partial charge in [-0.05, 0) is 25.1 Å². The number of nitrogens with zero attached hydrogens (tertiary/aromatic N) is 3. The van der Waals surface area contributed by atoms with Gasteiger partial charge in [0.15, 0.2) is 17.3 Å². The number of rotatable bonds is 6. The van der Waals surface area contributed by atoms with E-state index in [9.17, 15) is 10.4 Å². The van der Waals surface area contributed by atoms with Gasteiger partial charge in [-0.2, -0.15) is 10.4 Å². The fourth-order valence-electron chi connectivity index (χ4n) is 2.23. The third-order valence-electron chi connectivity index (χ3n) is 3.30. The molecule has 0 radical (unpaired) electrons. The molecule has 0 unspecified atom stereocenters. The molecule has 0 spiro atoms. The highest BCUT2D eigenvalue weighted by Gasteiger charge is 2.11. The van der Waals surface area contributed by atoms with Gasteiger partial charge in [-0.15, -0.1) is 0 Å². The van der Waals surface area contributed by atoms with Crippen LogP contribution >= 0.6 is 15.9 Å². The number of hydrogen-bond acceptors (Lipinski definition) is 7. The Morgan fingerprint density at radius 2 is 2.16 bits per heavy atom. The summed E-state index contributed by atoms with van der Waals surface area (Å²) in [4.78, 5) is 4.29. The van der Waals surface area contributed by atoms with Gasteiger partial charge in [0, 0.05) is 28.4 Å². The van der Waals surface area contributed by atoms with Crippen molar-refractivity contribution in [2.75, 3.05) is 19.6 Å². The SMILES string of the molecule is COCc1cc(C)nc(N/N=C/c2cc(Br)cc(OC)c2O)c1C#N. The van der Waals surface area contributed by atoms with E-state index >= 15 is 0 Å². The second kappa shape index (κ2) is 8.46. The number of aromatic hydroxyl groups is 1. The van der Waals surface area contributed by atoms with Crippen LogP contribution < -0.4 is 10.2 Å². The summed E-state index contributed by atoms with van der Waals surface area (Å²) in [7, 11) is 3.03. The van der Waals surface area contributed by atoms with Gasteiger partial charge in [-0.3, -0.25) is 5.43 Å². The lowest BCUT2D eigenvalue weighted by molar-refractivity contribution is 0.184. The van der Waals surface area contributed by atoms with Crippen LogP contribution in [0.25, 0.3) is 0 Å².